The average molecular weight is 242 g/mol. The molecule has 2 heterocycles. The van der Waals surface area contributed by atoms with Gasteiger partial charge in [-0.2, -0.15) is 0 Å². The van der Waals surface area contributed by atoms with Gasteiger partial charge in [-0.05, 0) is 17.7 Å². The van der Waals surface area contributed by atoms with E-state index in [1.807, 2.05) is 0 Å². The maximum atomic E-state index is 12.8. The number of ether oxygens (including phenoxy) is 2. The lowest BCUT2D eigenvalue weighted by molar-refractivity contribution is -0.286. The van der Waals surface area contributed by atoms with Crippen molar-refractivity contribution < 1.29 is 23.0 Å². The Morgan fingerprint density at radius 3 is 2.76 bits per heavy atom. The number of alkyl halides is 2. The van der Waals surface area contributed by atoms with Crippen LogP contribution in [0.5, 0.6) is 11.5 Å². The number of carbonyl (C=O) groups is 1. The summed E-state index contributed by atoms with van der Waals surface area (Å²) in [5, 5.41) is 5.23. The second kappa shape index (κ2) is 3.22. The molecule has 3 rings (SSSR count). The van der Waals surface area contributed by atoms with Crippen molar-refractivity contribution in [2.24, 2.45) is 0 Å². The highest BCUT2D eigenvalue weighted by molar-refractivity contribution is 5.77. The Bertz CT molecular complexity index is 492. The predicted molar refractivity (Wildman–Crippen MR) is 51.9 cm³/mol. The number of amides is 2. The number of rotatable bonds is 1. The number of hydrogen-bond donors (Lipinski definition) is 2. The van der Waals surface area contributed by atoms with Gasteiger partial charge in [-0.15, -0.1) is 8.78 Å². The fourth-order valence-electron chi connectivity index (χ4n) is 1.84. The Kier molecular flexibility index (Phi) is 1.92. The Morgan fingerprint density at radius 2 is 2.06 bits per heavy atom. The molecule has 17 heavy (non-hydrogen) atoms. The van der Waals surface area contributed by atoms with Crippen LogP contribution >= 0.6 is 0 Å². The Labute approximate surface area is 94.7 Å². The molecule has 0 unspecified atom stereocenters. The fourth-order valence-corrected chi connectivity index (χ4v) is 1.84. The summed E-state index contributed by atoms with van der Waals surface area (Å²) in [6.45, 7) is 0.412. The molecule has 2 aliphatic rings. The summed E-state index contributed by atoms with van der Waals surface area (Å²) in [7, 11) is 0. The van der Waals surface area contributed by atoms with Gasteiger partial charge in [-0.25, -0.2) is 4.79 Å². The van der Waals surface area contributed by atoms with E-state index < -0.39 is 6.29 Å². The second-order valence-electron chi connectivity index (χ2n) is 3.78. The monoisotopic (exact) mass is 242 g/mol. The molecule has 1 fully saturated rings. The molecule has 0 aromatic heterocycles. The third-order valence-electron chi connectivity index (χ3n) is 2.60. The normalized spacial score (nSPS) is 24.4. The number of carbonyl (C=O) groups excluding carboxylic acids is 1. The number of nitrogens with one attached hydrogen (secondary N) is 2. The molecule has 5 nitrogen and oxygen atoms in total. The second-order valence-corrected chi connectivity index (χ2v) is 3.78. The van der Waals surface area contributed by atoms with Gasteiger partial charge in [0.15, 0.2) is 11.5 Å². The highest BCUT2D eigenvalue weighted by Gasteiger charge is 2.43. The summed E-state index contributed by atoms with van der Waals surface area (Å²) in [5.74, 6) is -0.0234. The first-order valence-electron chi connectivity index (χ1n) is 4.98. The SMILES string of the molecule is O=C1NC[C@H](c2ccc3c(c2)OC(F)(F)O3)N1. The minimum Gasteiger partial charge on any atom is -0.395 e. The zero-order valence-corrected chi connectivity index (χ0v) is 8.50. The van der Waals surface area contributed by atoms with Crippen LogP contribution in [0.15, 0.2) is 18.2 Å². The topological polar surface area (TPSA) is 59.6 Å². The van der Waals surface area contributed by atoms with Gasteiger partial charge in [0, 0.05) is 6.54 Å². The number of hydrogen-bond acceptors (Lipinski definition) is 3. The molecule has 1 atom stereocenters. The van der Waals surface area contributed by atoms with Crippen LogP contribution in [-0.2, 0) is 0 Å². The van der Waals surface area contributed by atoms with Gasteiger partial charge in [0.2, 0.25) is 0 Å². The van der Waals surface area contributed by atoms with Crippen LogP contribution in [0.3, 0.4) is 0 Å². The van der Waals surface area contributed by atoms with Crippen LogP contribution < -0.4 is 20.1 Å². The van der Waals surface area contributed by atoms with E-state index in [4.69, 9.17) is 0 Å². The van der Waals surface area contributed by atoms with Crippen LogP contribution in [-0.4, -0.2) is 18.9 Å². The Morgan fingerprint density at radius 1 is 1.29 bits per heavy atom. The zero-order valence-electron chi connectivity index (χ0n) is 8.50. The first-order chi connectivity index (χ1) is 8.03. The van der Waals surface area contributed by atoms with Crippen molar-refractivity contribution in [3.05, 3.63) is 23.8 Å². The first kappa shape index (κ1) is 10.1. The number of halogens is 2. The van der Waals surface area contributed by atoms with Crippen LogP contribution in [0.25, 0.3) is 0 Å². The molecule has 7 heteroatoms. The van der Waals surface area contributed by atoms with Crippen LogP contribution in [0.4, 0.5) is 13.6 Å². The molecule has 2 amide bonds. The smallest absolute Gasteiger partial charge is 0.395 e. The molecular weight excluding hydrogens is 234 g/mol. The molecule has 0 aliphatic carbocycles. The number of benzene rings is 1. The van der Waals surface area contributed by atoms with Crippen molar-refractivity contribution in [3.63, 3.8) is 0 Å². The minimum atomic E-state index is -3.61. The molecule has 0 bridgehead atoms. The Balaban J connectivity index is 1.88. The molecule has 1 saturated heterocycles. The van der Waals surface area contributed by atoms with Gasteiger partial charge in [0.25, 0.3) is 0 Å². The predicted octanol–water partition coefficient (Wildman–Crippen LogP) is 1.36. The average Bonchev–Trinajstić information content (AvgIpc) is 2.78. The third-order valence-corrected chi connectivity index (χ3v) is 2.60. The molecule has 0 radical (unpaired) electrons. The molecule has 2 aliphatic heterocycles. The van der Waals surface area contributed by atoms with Crippen molar-refractivity contribution in [1.82, 2.24) is 10.6 Å². The highest BCUT2D eigenvalue weighted by Crippen LogP contribution is 2.42. The van der Waals surface area contributed by atoms with Crippen LogP contribution in [0.2, 0.25) is 0 Å². The van der Waals surface area contributed by atoms with Gasteiger partial charge in [-0.3, -0.25) is 0 Å². The standard InChI is InChI=1S/C10H8F2N2O3/c11-10(12)16-7-2-1-5(3-8(7)17-10)6-4-13-9(15)14-6/h1-3,6H,4H2,(H2,13,14,15)/t6-/m1/s1. The summed E-state index contributed by atoms with van der Waals surface area (Å²) in [4.78, 5) is 11.0. The van der Waals surface area contributed by atoms with E-state index in [9.17, 15) is 13.6 Å². The van der Waals surface area contributed by atoms with Crippen molar-refractivity contribution >= 4 is 6.03 Å². The van der Waals surface area contributed by atoms with Gasteiger partial charge >= 0.3 is 12.3 Å². The van der Waals surface area contributed by atoms with E-state index in [1.54, 1.807) is 6.07 Å². The number of urea groups is 1. The number of fused-ring (bicyclic) bond motifs is 1. The summed E-state index contributed by atoms with van der Waals surface area (Å²) in [5.41, 5.74) is 0.684. The van der Waals surface area contributed by atoms with E-state index in [0.717, 1.165) is 0 Å². The van der Waals surface area contributed by atoms with E-state index in [2.05, 4.69) is 20.1 Å². The first-order valence-corrected chi connectivity index (χ1v) is 4.98. The van der Waals surface area contributed by atoms with Crippen LogP contribution in [0, 0.1) is 0 Å². The van der Waals surface area contributed by atoms with Crippen molar-refractivity contribution in [2.45, 2.75) is 12.3 Å². The third kappa shape index (κ3) is 1.73. The lowest BCUT2D eigenvalue weighted by Crippen LogP contribution is -2.26. The Hall–Kier alpha value is -2.05. The van der Waals surface area contributed by atoms with Crippen molar-refractivity contribution in [3.8, 4) is 11.5 Å². The van der Waals surface area contributed by atoms with Crippen molar-refractivity contribution in [2.75, 3.05) is 6.54 Å². The van der Waals surface area contributed by atoms with E-state index in [0.29, 0.717) is 12.1 Å². The lowest BCUT2D eigenvalue weighted by Gasteiger charge is -2.09. The van der Waals surface area contributed by atoms with E-state index in [-0.39, 0.29) is 23.6 Å². The minimum absolute atomic E-state index is 0.00367. The lowest BCUT2D eigenvalue weighted by atomic mass is 10.1. The van der Waals surface area contributed by atoms with Gasteiger partial charge in [0.1, 0.15) is 0 Å². The molecule has 0 saturated carbocycles. The van der Waals surface area contributed by atoms with Crippen molar-refractivity contribution in [1.29, 1.82) is 0 Å². The molecule has 1 aromatic rings. The largest absolute Gasteiger partial charge is 0.586 e. The van der Waals surface area contributed by atoms with E-state index in [1.165, 1.54) is 12.1 Å². The fraction of sp³-hybridized carbons (Fsp3) is 0.300. The maximum absolute atomic E-state index is 12.8. The summed E-state index contributed by atoms with van der Waals surface area (Å²) < 4.78 is 34.2. The van der Waals surface area contributed by atoms with Gasteiger partial charge < -0.3 is 20.1 Å². The molecule has 0 spiro atoms. The summed E-state index contributed by atoms with van der Waals surface area (Å²) in [6.07, 6.45) is -3.61. The summed E-state index contributed by atoms with van der Waals surface area (Å²) >= 11 is 0. The maximum Gasteiger partial charge on any atom is 0.586 e. The molecular formula is C10H8F2N2O3. The highest BCUT2D eigenvalue weighted by atomic mass is 19.3. The van der Waals surface area contributed by atoms with Gasteiger partial charge in [0.05, 0.1) is 6.04 Å². The molecule has 90 valence electrons. The van der Waals surface area contributed by atoms with Crippen LogP contribution in [0.1, 0.15) is 11.6 Å². The molecule has 2 N–H and O–H groups in total. The molecule has 1 aromatic carbocycles. The van der Waals surface area contributed by atoms with E-state index >= 15 is 0 Å². The quantitative estimate of drug-likeness (QED) is 0.781. The summed E-state index contributed by atoms with van der Waals surface area (Å²) in [6, 6.07) is 3.93. The zero-order chi connectivity index (χ0) is 12.0. The van der Waals surface area contributed by atoms with Gasteiger partial charge in [-0.1, -0.05) is 6.07 Å².